The molecule has 1 amide bonds. The van der Waals surface area contributed by atoms with Crippen molar-refractivity contribution in [3.8, 4) is 22.9 Å². The zero-order chi connectivity index (χ0) is 18.1. The van der Waals surface area contributed by atoms with Gasteiger partial charge in [-0.2, -0.15) is 5.10 Å². The van der Waals surface area contributed by atoms with Crippen LogP contribution in [0, 0.1) is 5.82 Å². The van der Waals surface area contributed by atoms with Gasteiger partial charge in [0.1, 0.15) is 5.82 Å². The van der Waals surface area contributed by atoms with Gasteiger partial charge in [0.25, 0.3) is 5.91 Å². The summed E-state index contributed by atoms with van der Waals surface area (Å²) in [5.74, 6) is 0.690. The van der Waals surface area contributed by atoms with E-state index in [1.807, 2.05) is 0 Å². The number of carbonyl (C=O) groups is 1. The van der Waals surface area contributed by atoms with E-state index < -0.39 is 5.91 Å². The first-order valence-electron chi connectivity index (χ1n) is 7.74. The number of amides is 1. The second-order valence-corrected chi connectivity index (χ2v) is 5.49. The zero-order valence-electron chi connectivity index (χ0n) is 13.7. The quantitative estimate of drug-likeness (QED) is 0.779. The fourth-order valence-electron chi connectivity index (χ4n) is 2.56. The Morgan fingerprint density at radius 3 is 2.73 bits per heavy atom. The van der Waals surface area contributed by atoms with E-state index in [-0.39, 0.29) is 18.3 Å². The Hall–Kier alpha value is -3.55. The van der Waals surface area contributed by atoms with Crippen molar-refractivity contribution in [3.63, 3.8) is 0 Å². The van der Waals surface area contributed by atoms with Gasteiger partial charge < -0.3 is 19.5 Å². The number of nitrogens with one attached hydrogen (secondary N) is 1. The maximum absolute atomic E-state index is 13.1. The van der Waals surface area contributed by atoms with Crippen LogP contribution in [0.2, 0.25) is 0 Å². The van der Waals surface area contributed by atoms with E-state index in [1.54, 1.807) is 36.5 Å². The summed E-state index contributed by atoms with van der Waals surface area (Å²) in [6.07, 6.45) is 1.56. The summed E-state index contributed by atoms with van der Waals surface area (Å²) in [5.41, 5.74) is 1.25. The minimum absolute atomic E-state index is 0.106. The second-order valence-electron chi connectivity index (χ2n) is 5.49. The van der Waals surface area contributed by atoms with Gasteiger partial charge in [-0.15, -0.1) is 0 Å². The molecule has 1 N–H and O–H groups in total. The Bertz CT molecular complexity index is 969. The van der Waals surface area contributed by atoms with Crippen LogP contribution in [0.25, 0.3) is 5.69 Å². The third-order valence-corrected chi connectivity index (χ3v) is 3.84. The fraction of sp³-hybridized carbons (Fsp3) is 0.111. The number of hydrogen-bond acceptors (Lipinski definition) is 5. The van der Waals surface area contributed by atoms with Crippen molar-refractivity contribution in [2.24, 2.45) is 0 Å². The molecule has 0 radical (unpaired) electrons. The molecule has 26 heavy (non-hydrogen) atoms. The molecule has 7 nitrogen and oxygen atoms in total. The molecule has 2 aromatic carbocycles. The third-order valence-electron chi connectivity index (χ3n) is 3.84. The predicted molar refractivity (Wildman–Crippen MR) is 90.6 cm³/mol. The number of fused-ring (bicyclic) bond motifs is 1. The highest BCUT2D eigenvalue weighted by Crippen LogP contribution is 2.34. The summed E-state index contributed by atoms with van der Waals surface area (Å²) in [7, 11) is 1.45. The van der Waals surface area contributed by atoms with Gasteiger partial charge in [0.2, 0.25) is 6.79 Å². The number of hydrogen-bond donors (Lipinski definition) is 1. The first-order valence-corrected chi connectivity index (χ1v) is 7.74. The number of rotatable bonds is 4. The van der Waals surface area contributed by atoms with Gasteiger partial charge >= 0.3 is 0 Å². The molecule has 0 saturated heterocycles. The summed E-state index contributed by atoms with van der Waals surface area (Å²) in [6.45, 7) is 0.155. The number of halogens is 1. The van der Waals surface area contributed by atoms with Crippen molar-refractivity contribution in [1.82, 2.24) is 9.78 Å². The molecule has 2 heterocycles. The third kappa shape index (κ3) is 2.92. The second kappa shape index (κ2) is 6.40. The minimum Gasteiger partial charge on any atom is -0.493 e. The maximum Gasteiger partial charge on any atom is 0.280 e. The van der Waals surface area contributed by atoms with Crippen molar-refractivity contribution < 1.29 is 23.4 Å². The minimum atomic E-state index is -0.443. The van der Waals surface area contributed by atoms with Gasteiger partial charge in [-0.3, -0.25) is 4.79 Å². The maximum atomic E-state index is 13.1. The van der Waals surface area contributed by atoms with Crippen molar-refractivity contribution in [3.05, 3.63) is 60.2 Å². The van der Waals surface area contributed by atoms with E-state index in [9.17, 15) is 9.18 Å². The molecule has 0 bridgehead atoms. The molecule has 1 aromatic heterocycles. The Labute approximate surface area is 147 Å². The summed E-state index contributed by atoms with van der Waals surface area (Å²) in [5, 5.41) is 7.00. The van der Waals surface area contributed by atoms with Crippen molar-refractivity contribution in [1.29, 1.82) is 0 Å². The SMILES string of the molecule is COc1cn(-c2ccc(F)cc2)nc1C(=O)Nc1ccc2c(c1)OCO2. The first-order chi connectivity index (χ1) is 12.6. The summed E-state index contributed by atoms with van der Waals surface area (Å²) in [6, 6.07) is 10.8. The molecule has 0 aliphatic carbocycles. The van der Waals surface area contributed by atoms with Gasteiger partial charge in [0.15, 0.2) is 22.9 Å². The topological polar surface area (TPSA) is 74.6 Å². The molecule has 4 rings (SSSR count). The summed E-state index contributed by atoms with van der Waals surface area (Å²) < 4.78 is 30.3. The Morgan fingerprint density at radius 1 is 1.19 bits per heavy atom. The molecule has 8 heteroatoms. The average molecular weight is 355 g/mol. The number of aromatic nitrogens is 2. The zero-order valence-corrected chi connectivity index (χ0v) is 13.7. The lowest BCUT2D eigenvalue weighted by molar-refractivity contribution is 0.101. The molecule has 0 fully saturated rings. The van der Waals surface area contributed by atoms with Crippen LogP contribution < -0.4 is 19.5 Å². The van der Waals surface area contributed by atoms with Gasteiger partial charge in [0.05, 0.1) is 19.0 Å². The van der Waals surface area contributed by atoms with Crippen molar-refractivity contribution >= 4 is 11.6 Å². The lowest BCUT2D eigenvalue weighted by atomic mass is 10.2. The largest absolute Gasteiger partial charge is 0.493 e. The smallest absolute Gasteiger partial charge is 0.280 e. The lowest BCUT2D eigenvalue weighted by Gasteiger charge is -2.05. The summed E-state index contributed by atoms with van der Waals surface area (Å²) in [4.78, 5) is 12.6. The first kappa shape index (κ1) is 15.9. The number of nitrogens with zero attached hydrogens (tertiary/aromatic N) is 2. The molecule has 3 aromatic rings. The number of carbonyl (C=O) groups excluding carboxylic acids is 1. The molecule has 132 valence electrons. The normalized spacial score (nSPS) is 12.1. The highest BCUT2D eigenvalue weighted by molar-refractivity contribution is 6.04. The van der Waals surface area contributed by atoms with Crippen LogP contribution in [-0.2, 0) is 0 Å². The van der Waals surface area contributed by atoms with E-state index in [1.165, 1.54) is 23.9 Å². The van der Waals surface area contributed by atoms with Crippen molar-refractivity contribution in [2.75, 3.05) is 19.2 Å². The van der Waals surface area contributed by atoms with Crippen LogP contribution in [0.3, 0.4) is 0 Å². The predicted octanol–water partition coefficient (Wildman–Crippen LogP) is 3.00. The number of benzene rings is 2. The highest BCUT2D eigenvalue weighted by atomic mass is 19.1. The Morgan fingerprint density at radius 2 is 1.96 bits per heavy atom. The van der Waals surface area contributed by atoms with Gasteiger partial charge in [-0.25, -0.2) is 9.07 Å². The van der Waals surface area contributed by atoms with Gasteiger partial charge in [0, 0.05) is 11.8 Å². The van der Waals surface area contributed by atoms with Gasteiger partial charge in [-0.05, 0) is 36.4 Å². The van der Waals surface area contributed by atoms with Crippen LogP contribution in [0.5, 0.6) is 17.2 Å². The molecular weight excluding hydrogens is 341 g/mol. The highest BCUT2D eigenvalue weighted by Gasteiger charge is 2.20. The molecule has 0 atom stereocenters. The van der Waals surface area contributed by atoms with Crippen LogP contribution in [-0.4, -0.2) is 29.6 Å². The molecular formula is C18H14FN3O4. The Balaban J connectivity index is 1.60. The standard InChI is InChI=1S/C18H14FN3O4/c1-24-16-9-22(13-5-2-11(19)3-6-13)21-17(16)18(23)20-12-4-7-14-15(8-12)26-10-25-14/h2-9H,10H2,1H3,(H,20,23). The van der Waals surface area contributed by atoms with E-state index in [0.717, 1.165) is 0 Å². The summed E-state index contributed by atoms with van der Waals surface area (Å²) >= 11 is 0. The lowest BCUT2D eigenvalue weighted by Crippen LogP contribution is -2.14. The van der Waals surface area contributed by atoms with E-state index in [2.05, 4.69) is 10.4 Å². The number of anilines is 1. The molecule has 0 unspecified atom stereocenters. The van der Waals surface area contributed by atoms with Crippen molar-refractivity contribution in [2.45, 2.75) is 0 Å². The van der Waals surface area contributed by atoms with E-state index in [0.29, 0.717) is 28.6 Å². The molecule has 1 aliphatic heterocycles. The van der Waals surface area contributed by atoms with E-state index in [4.69, 9.17) is 14.2 Å². The molecule has 0 spiro atoms. The molecule has 0 saturated carbocycles. The Kier molecular flexibility index (Phi) is 3.92. The van der Waals surface area contributed by atoms with Crippen LogP contribution >= 0.6 is 0 Å². The number of ether oxygens (including phenoxy) is 3. The van der Waals surface area contributed by atoms with Crippen LogP contribution in [0.4, 0.5) is 10.1 Å². The molecule has 1 aliphatic rings. The number of methoxy groups -OCH3 is 1. The van der Waals surface area contributed by atoms with Crippen LogP contribution in [0.1, 0.15) is 10.5 Å². The van der Waals surface area contributed by atoms with E-state index >= 15 is 0 Å². The monoisotopic (exact) mass is 355 g/mol. The average Bonchev–Trinajstić information content (AvgIpc) is 3.28. The van der Waals surface area contributed by atoms with Gasteiger partial charge in [-0.1, -0.05) is 0 Å². The van der Waals surface area contributed by atoms with Crippen LogP contribution in [0.15, 0.2) is 48.7 Å². The fourth-order valence-corrected chi connectivity index (χ4v) is 2.56.